The summed E-state index contributed by atoms with van der Waals surface area (Å²) in [5.41, 5.74) is 5.95. The van der Waals surface area contributed by atoms with Crippen LogP contribution < -0.4 is 5.69 Å². The second-order valence-electron chi connectivity index (χ2n) is 8.49. The first-order valence-corrected chi connectivity index (χ1v) is 11.1. The van der Waals surface area contributed by atoms with E-state index in [9.17, 15) is 4.79 Å². The number of nitrogens with one attached hydrogen (secondary N) is 1. The van der Waals surface area contributed by atoms with Gasteiger partial charge in [0.05, 0.1) is 12.2 Å². The molecule has 3 heterocycles. The fraction of sp³-hybridized carbons (Fsp3) is 0.375. The number of pyridine rings is 1. The number of nitrogens with zero attached hydrogens (tertiary/aromatic N) is 6. The molecule has 4 aromatic rings. The van der Waals surface area contributed by atoms with E-state index in [1.807, 2.05) is 51.7 Å². The number of benzene rings is 1. The van der Waals surface area contributed by atoms with Crippen LogP contribution in [0.5, 0.6) is 0 Å². The van der Waals surface area contributed by atoms with Crippen LogP contribution in [0.4, 0.5) is 0 Å². The highest BCUT2D eigenvalue weighted by atomic mass is 16.1. The van der Waals surface area contributed by atoms with Crippen molar-refractivity contribution in [3.63, 3.8) is 0 Å². The average Bonchev–Trinajstić information content (AvgIpc) is 3.40. The number of aromatic nitrogens is 7. The minimum absolute atomic E-state index is 0.0497. The molecule has 32 heavy (non-hydrogen) atoms. The third kappa shape index (κ3) is 4.26. The topological polar surface area (TPSA) is 94.3 Å². The van der Waals surface area contributed by atoms with Crippen molar-refractivity contribution in [3.8, 4) is 22.5 Å². The molecule has 0 unspecified atom stereocenters. The molecule has 0 radical (unpaired) electrons. The zero-order chi connectivity index (χ0) is 22.7. The zero-order valence-corrected chi connectivity index (χ0v) is 19.0. The average molecular weight is 432 g/mol. The van der Waals surface area contributed by atoms with Gasteiger partial charge in [0, 0.05) is 35.3 Å². The molecule has 1 aromatic carbocycles. The molecule has 8 heteroatoms. The molecule has 0 aliphatic carbocycles. The Morgan fingerprint density at radius 3 is 2.47 bits per heavy atom. The molecule has 166 valence electrons. The van der Waals surface area contributed by atoms with Gasteiger partial charge in [0.2, 0.25) is 0 Å². The lowest BCUT2D eigenvalue weighted by atomic mass is 10.0. The van der Waals surface area contributed by atoms with Gasteiger partial charge < -0.3 is 0 Å². The third-order valence-electron chi connectivity index (χ3n) is 5.63. The summed E-state index contributed by atoms with van der Waals surface area (Å²) in [6.45, 7) is 9.66. The highest BCUT2D eigenvalue weighted by Crippen LogP contribution is 2.29. The monoisotopic (exact) mass is 431 g/mol. The van der Waals surface area contributed by atoms with Crippen molar-refractivity contribution < 1.29 is 0 Å². The van der Waals surface area contributed by atoms with E-state index in [-0.39, 0.29) is 5.69 Å². The summed E-state index contributed by atoms with van der Waals surface area (Å²) in [7, 11) is 0. The van der Waals surface area contributed by atoms with Crippen molar-refractivity contribution >= 4 is 0 Å². The summed E-state index contributed by atoms with van der Waals surface area (Å²) in [6, 6.07) is 12.0. The van der Waals surface area contributed by atoms with E-state index in [4.69, 9.17) is 0 Å². The number of imidazole rings is 1. The Hall–Kier alpha value is -3.55. The van der Waals surface area contributed by atoms with Gasteiger partial charge in [-0.2, -0.15) is 0 Å². The molecule has 0 fully saturated rings. The van der Waals surface area contributed by atoms with Gasteiger partial charge in [-0.25, -0.2) is 9.89 Å². The Morgan fingerprint density at radius 2 is 1.84 bits per heavy atom. The fourth-order valence-corrected chi connectivity index (χ4v) is 4.11. The first kappa shape index (κ1) is 21.7. The SMILES string of the molecule is CCCc1c(C)n(CC(C)C)c(=O)n1Cc1ccc(-c2ccccc2-c2nnn[nH]2)cn1. The molecule has 0 aliphatic rings. The maximum absolute atomic E-state index is 13.2. The maximum Gasteiger partial charge on any atom is 0.328 e. The van der Waals surface area contributed by atoms with E-state index in [0.29, 0.717) is 18.3 Å². The standard InChI is InChI=1S/C24H29N7O/c1-5-8-22-17(4)30(14-16(2)3)24(32)31(22)15-19-12-11-18(13-25-19)20-9-6-7-10-21(20)23-26-28-29-27-23/h6-7,9-13,16H,5,8,14-15H2,1-4H3,(H,26,27,28,29). The number of H-pyrrole nitrogens is 1. The highest BCUT2D eigenvalue weighted by molar-refractivity contribution is 5.79. The van der Waals surface area contributed by atoms with E-state index < -0.39 is 0 Å². The van der Waals surface area contributed by atoms with Gasteiger partial charge in [0.1, 0.15) is 0 Å². The van der Waals surface area contributed by atoms with Crippen molar-refractivity contribution in [3.05, 3.63) is 70.2 Å². The number of aromatic amines is 1. The van der Waals surface area contributed by atoms with Gasteiger partial charge in [0.25, 0.3) is 0 Å². The number of hydrogen-bond acceptors (Lipinski definition) is 5. The summed E-state index contributed by atoms with van der Waals surface area (Å²) < 4.78 is 3.79. The van der Waals surface area contributed by atoms with Crippen LogP contribution in [0.15, 0.2) is 47.4 Å². The predicted octanol–water partition coefficient (Wildman–Crippen LogP) is 3.86. The maximum atomic E-state index is 13.2. The fourth-order valence-electron chi connectivity index (χ4n) is 4.11. The molecule has 0 amide bonds. The van der Waals surface area contributed by atoms with Crippen molar-refractivity contribution in [1.29, 1.82) is 0 Å². The Kier molecular flexibility index (Phi) is 6.30. The molecule has 3 aromatic heterocycles. The van der Waals surface area contributed by atoms with E-state index in [1.165, 1.54) is 0 Å². The highest BCUT2D eigenvalue weighted by Gasteiger charge is 2.18. The first-order valence-electron chi connectivity index (χ1n) is 11.1. The van der Waals surface area contributed by atoms with Crippen molar-refractivity contribution in [1.82, 2.24) is 34.7 Å². The number of rotatable bonds is 8. The molecule has 1 N–H and O–H groups in total. The Labute approximate surface area is 187 Å². The third-order valence-corrected chi connectivity index (χ3v) is 5.63. The Bertz CT molecular complexity index is 1230. The van der Waals surface area contributed by atoms with Gasteiger partial charge in [0.15, 0.2) is 5.82 Å². The summed E-state index contributed by atoms with van der Waals surface area (Å²) in [6.07, 6.45) is 3.72. The summed E-state index contributed by atoms with van der Waals surface area (Å²) in [5, 5.41) is 14.2. The zero-order valence-electron chi connectivity index (χ0n) is 19.0. The second-order valence-corrected chi connectivity index (χ2v) is 8.49. The molecule has 0 bridgehead atoms. The van der Waals surface area contributed by atoms with E-state index >= 15 is 0 Å². The minimum atomic E-state index is 0.0497. The molecule has 0 aliphatic heterocycles. The second kappa shape index (κ2) is 9.30. The lowest BCUT2D eigenvalue weighted by Gasteiger charge is -2.09. The van der Waals surface area contributed by atoms with Gasteiger partial charge in [-0.05, 0) is 41.3 Å². The molecule has 8 nitrogen and oxygen atoms in total. The van der Waals surface area contributed by atoms with Gasteiger partial charge in [-0.3, -0.25) is 14.1 Å². The van der Waals surface area contributed by atoms with Crippen LogP contribution in [0.1, 0.15) is 44.3 Å². The van der Waals surface area contributed by atoms with Crippen LogP contribution in [0, 0.1) is 12.8 Å². The van der Waals surface area contributed by atoms with Gasteiger partial charge in [-0.15, -0.1) is 5.10 Å². The molecule has 0 atom stereocenters. The van der Waals surface area contributed by atoms with Crippen molar-refractivity contribution in [2.75, 3.05) is 0 Å². The van der Waals surface area contributed by atoms with Crippen LogP contribution in [0.25, 0.3) is 22.5 Å². The first-order chi connectivity index (χ1) is 15.5. The number of hydrogen-bond donors (Lipinski definition) is 1. The van der Waals surface area contributed by atoms with Gasteiger partial charge >= 0.3 is 5.69 Å². The molecule has 0 saturated heterocycles. The van der Waals surface area contributed by atoms with Crippen LogP contribution in [0.2, 0.25) is 0 Å². The lowest BCUT2D eigenvalue weighted by molar-refractivity contribution is 0.496. The minimum Gasteiger partial charge on any atom is -0.296 e. The number of tetrazole rings is 1. The summed E-state index contributed by atoms with van der Waals surface area (Å²) in [5.74, 6) is 1.02. The van der Waals surface area contributed by atoms with Crippen molar-refractivity contribution in [2.24, 2.45) is 5.92 Å². The van der Waals surface area contributed by atoms with E-state index in [1.54, 1.807) is 0 Å². The van der Waals surface area contributed by atoms with Crippen molar-refractivity contribution in [2.45, 2.75) is 53.6 Å². The molecular formula is C24H29N7O. The normalized spacial score (nSPS) is 11.4. The summed E-state index contributed by atoms with van der Waals surface area (Å²) in [4.78, 5) is 17.8. The molecular weight excluding hydrogens is 402 g/mol. The largest absolute Gasteiger partial charge is 0.328 e. The lowest BCUT2D eigenvalue weighted by Crippen LogP contribution is -2.27. The Balaban J connectivity index is 1.66. The molecule has 0 spiro atoms. The van der Waals surface area contributed by atoms with Gasteiger partial charge in [-0.1, -0.05) is 57.5 Å². The summed E-state index contributed by atoms with van der Waals surface area (Å²) >= 11 is 0. The Morgan fingerprint density at radius 1 is 1.06 bits per heavy atom. The quantitative estimate of drug-likeness (QED) is 0.457. The van der Waals surface area contributed by atoms with E-state index in [2.05, 4.69) is 53.3 Å². The predicted molar refractivity (Wildman–Crippen MR) is 124 cm³/mol. The molecule has 4 rings (SSSR count). The molecule has 0 saturated carbocycles. The van der Waals surface area contributed by atoms with Crippen LogP contribution in [0.3, 0.4) is 0 Å². The van der Waals surface area contributed by atoms with Crippen LogP contribution >= 0.6 is 0 Å². The smallest absolute Gasteiger partial charge is 0.296 e. The van der Waals surface area contributed by atoms with Crippen LogP contribution in [-0.2, 0) is 19.5 Å². The van der Waals surface area contributed by atoms with E-state index in [0.717, 1.165) is 53.2 Å². The van der Waals surface area contributed by atoms with Crippen LogP contribution in [-0.4, -0.2) is 34.7 Å².